The average Bonchev–Trinajstić information content (AvgIpc) is 2.36. The molecule has 2 aromatic carbocycles. The molecule has 0 aromatic heterocycles. The van der Waals surface area contributed by atoms with E-state index in [0.29, 0.717) is 11.3 Å². The molecule has 3 heteroatoms. The van der Waals surface area contributed by atoms with Crippen molar-refractivity contribution in [1.82, 2.24) is 0 Å². The van der Waals surface area contributed by atoms with Crippen molar-refractivity contribution < 1.29 is 42.2 Å². The molecule has 0 unspecified atom stereocenters. The molecule has 0 aliphatic carbocycles. The Bertz CT molecular complexity index is 647. The van der Waals surface area contributed by atoms with Crippen LogP contribution in [0.1, 0.15) is 45.1 Å². The molecule has 0 N–H and O–H groups in total. The topological polar surface area (TPSA) is 26.3 Å². The fourth-order valence-electron chi connectivity index (χ4n) is 2.65. The third-order valence-electron chi connectivity index (χ3n) is 3.53. The monoisotopic (exact) mass is 370 g/mol. The molecule has 0 fully saturated rings. The maximum atomic E-state index is 12.4. The number of ether oxygens (including phenoxy) is 1. The predicted octanol–water partition coefficient (Wildman–Crippen LogP) is 4.50. The van der Waals surface area contributed by atoms with Gasteiger partial charge in [-0.05, 0) is 37.0 Å². The van der Waals surface area contributed by atoms with Gasteiger partial charge >= 0.3 is 38.7 Å². The smallest absolute Gasteiger partial charge is 0.450 e. The number of benzene rings is 2. The van der Waals surface area contributed by atoms with Crippen molar-refractivity contribution in [2.75, 3.05) is 0 Å². The van der Waals surface area contributed by atoms with Crippen LogP contribution in [0.15, 0.2) is 24.3 Å². The van der Waals surface area contributed by atoms with Crippen LogP contribution in [0.3, 0.4) is 0 Å². The molecule has 0 atom stereocenters. The summed E-state index contributed by atoms with van der Waals surface area (Å²) < 4.78 is 5.54. The van der Waals surface area contributed by atoms with Gasteiger partial charge in [-0.2, -0.15) is 17.2 Å². The van der Waals surface area contributed by atoms with E-state index in [0.717, 1.165) is 28.7 Å². The summed E-state index contributed by atoms with van der Waals surface area (Å²) >= 11 is 0. The molecule has 0 spiro atoms. The Morgan fingerprint density at radius 2 is 1.50 bits per heavy atom. The summed E-state index contributed by atoms with van der Waals surface area (Å²) in [7, 11) is 0. The van der Waals surface area contributed by atoms with Crippen molar-refractivity contribution in [2.45, 2.75) is 41.0 Å². The molecular weight excluding hydrogens is 349 g/mol. The van der Waals surface area contributed by atoms with Gasteiger partial charge in [-0.1, -0.05) is 32.9 Å². The summed E-state index contributed by atoms with van der Waals surface area (Å²) in [6.07, 6.45) is 0.962. The largest absolute Gasteiger partial charge is 3.00 e. The molecule has 0 radical (unpaired) electrons. The van der Waals surface area contributed by atoms with Crippen molar-refractivity contribution in [3.8, 4) is 5.75 Å². The first-order valence-electron chi connectivity index (χ1n) is 7.23. The van der Waals surface area contributed by atoms with Crippen LogP contribution in [-0.2, 0) is 39.1 Å². The Morgan fingerprint density at radius 3 is 1.95 bits per heavy atom. The van der Waals surface area contributed by atoms with Gasteiger partial charge < -0.3 is 4.74 Å². The number of carbonyl (C=O) groups excluding carboxylic acids is 1. The molecule has 110 valence electrons. The second-order valence-corrected chi connectivity index (χ2v) is 5.53. The van der Waals surface area contributed by atoms with Crippen LogP contribution in [0.5, 0.6) is 5.75 Å². The van der Waals surface area contributed by atoms with Gasteiger partial charge in [0.1, 0.15) is 0 Å². The first-order chi connectivity index (χ1) is 9.90. The van der Waals surface area contributed by atoms with Gasteiger partial charge in [-0.25, -0.2) is 4.79 Å². The molecule has 2 aromatic rings. The minimum absolute atomic E-state index is 0. The van der Waals surface area contributed by atoms with Crippen LogP contribution >= 0.6 is 0 Å². The Balaban J connectivity index is 0.00000242. The summed E-state index contributed by atoms with van der Waals surface area (Å²) in [5, 5.41) is 0. The van der Waals surface area contributed by atoms with Crippen molar-refractivity contribution >= 4 is 5.97 Å². The number of carbonyl (C=O) groups is 1. The van der Waals surface area contributed by atoms with E-state index in [4.69, 9.17) is 4.74 Å². The van der Waals surface area contributed by atoms with Crippen LogP contribution in [0.4, 0.5) is 0 Å². The van der Waals surface area contributed by atoms with Gasteiger partial charge in [0.2, 0.25) is 0 Å². The van der Waals surface area contributed by atoms with E-state index >= 15 is 0 Å². The molecule has 0 aliphatic rings. The maximum absolute atomic E-state index is 12.4. The van der Waals surface area contributed by atoms with Crippen LogP contribution in [0.25, 0.3) is 0 Å². The molecule has 0 amide bonds. The summed E-state index contributed by atoms with van der Waals surface area (Å²) in [6.45, 7) is 9.90. The fraction of sp³-hybridized carbons (Fsp3) is 0.316. The van der Waals surface area contributed by atoms with E-state index in [2.05, 4.69) is 25.1 Å². The normalized spacial score (nSPS) is 10.0. The Kier molecular flexibility index (Phi) is 6.96. The third-order valence-corrected chi connectivity index (χ3v) is 3.53. The van der Waals surface area contributed by atoms with Crippen molar-refractivity contribution in [3.63, 3.8) is 0 Å². The zero-order chi connectivity index (χ0) is 15.6. The average molecular weight is 370 g/mol. The van der Waals surface area contributed by atoms with Gasteiger partial charge in [-0.15, -0.1) is 12.1 Å². The standard InChI is InChI=1S/C19H21O2.Y/c1-6-16-10-14(4)18(15(5)11-16)19(20)21-17-8-12(2)7-13(3)9-17;/h8-11H,6H2,1-5H3;/q-1;+3. The Morgan fingerprint density at radius 1 is 1.00 bits per heavy atom. The van der Waals surface area contributed by atoms with Gasteiger partial charge in [0, 0.05) is 5.75 Å². The second-order valence-electron chi connectivity index (χ2n) is 5.53. The quantitative estimate of drug-likeness (QED) is 0.452. The van der Waals surface area contributed by atoms with Crippen molar-refractivity contribution in [3.05, 3.63) is 63.7 Å². The first-order valence-corrected chi connectivity index (χ1v) is 7.23. The third kappa shape index (κ3) is 4.50. The van der Waals surface area contributed by atoms with Crippen LogP contribution in [0, 0.1) is 33.8 Å². The molecule has 0 bridgehead atoms. The SMILES string of the molecule is CCc1cc(C)c(C(=O)Oc2cc(C)[c-]c(C)c2)c(C)c1.[Y+3]. The summed E-state index contributed by atoms with van der Waals surface area (Å²) in [5.41, 5.74) is 5.76. The van der Waals surface area contributed by atoms with Crippen LogP contribution in [0.2, 0.25) is 0 Å². The minimum atomic E-state index is -0.294. The minimum Gasteiger partial charge on any atom is -0.450 e. The molecule has 0 heterocycles. The predicted molar refractivity (Wildman–Crippen MR) is 85.0 cm³/mol. The van der Waals surface area contributed by atoms with E-state index in [1.165, 1.54) is 5.56 Å². The number of rotatable bonds is 3. The summed E-state index contributed by atoms with van der Waals surface area (Å²) in [4.78, 5) is 12.4. The van der Waals surface area contributed by atoms with Crippen molar-refractivity contribution in [1.29, 1.82) is 0 Å². The van der Waals surface area contributed by atoms with Gasteiger partial charge in [-0.3, -0.25) is 0 Å². The van der Waals surface area contributed by atoms with E-state index in [9.17, 15) is 4.79 Å². The fourth-order valence-corrected chi connectivity index (χ4v) is 2.65. The summed E-state index contributed by atoms with van der Waals surface area (Å²) in [5.74, 6) is 0.282. The molecular formula is C19H21O2Y+2. The molecule has 0 saturated heterocycles. The van der Waals surface area contributed by atoms with Gasteiger partial charge in [0.25, 0.3) is 0 Å². The van der Waals surface area contributed by atoms with Crippen molar-refractivity contribution in [2.24, 2.45) is 0 Å². The molecule has 0 aliphatic heterocycles. The van der Waals surface area contributed by atoms with E-state index in [-0.39, 0.29) is 38.7 Å². The van der Waals surface area contributed by atoms with Crippen LogP contribution in [-0.4, -0.2) is 5.97 Å². The van der Waals surface area contributed by atoms with E-state index in [1.54, 1.807) is 0 Å². The molecule has 2 nitrogen and oxygen atoms in total. The number of hydrogen-bond donors (Lipinski definition) is 0. The Labute approximate surface area is 158 Å². The first kappa shape index (κ1) is 19.1. The number of aryl methyl sites for hydroxylation is 5. The molecule has 22 heavy (non-hydrogen) atoms. The number of esters is 1. The summed E-state index contributed by atoms with van der Waals surface area (Å²) in [6, 6.07) is 10.9. The van der Waals surface area contributed by atoms with E-state index in [1.807, 2.05) is 39.8 Å². The number of hydrogen-bond acceptors (Lipinski definition) is 2. The Hall–Kier alpha value is -0.986. The van der Waals surface area contributed by atoms with Crippen LogP contribution < -0.4 is 4.74 Å². The molecule has 2 rings (SSSR count). The zero-order valence-corrected chi connectivity index (χ0v) is 16.7. The van der Waals surface area contributed by atoms with Gasteiger partial charge in [0.15, 0.2) is 0 Å². The van der Waals surface area contributed by atoms with Gasteiger partial charge in [0.05, 0.1) is 5.56 Å². The maximum Gasteiger partial charge on any atom is 3.00 e. The zero-order valence-electron chi connectivity index (χ0n) is 13.9. The van der Waals surface area contributed by atoms with E-state index < -0.39 is 0 Å². The second kappa shape index (κ2) is 8.03. The molecule has 0 saturated carbocycles.